The SMILES string of the molecule is CCOc1ccccc1NCC1CCC(=O)CC1. The van der Waals surface area contributed by atoms with Crippen molar-refractivity contribution in [3.8, 4) is 5.75 Å². The number of para-hydroxylation sites is 2. The summed E-state index contributed by atoms with van der Waals surface area (Å²) < 4.78 is 5.58. The molecule has 2 rings (SSSR count). The van der Waals surface area contributed by atoms with Crippen LogP contribution in [0.25, 0.3) is 0 Å². The number of carbonyl (C=O) groups is 1. The Morgan fingerprint density at radius 3 is 2.72 bits per heavy atom. The maximum absolute atomic E-state index is 11.2. The maximum Gasteiger partial charge on any atom is 0.142 e. The standard InChI is InChI=1S/C15H21NO2/c1-2-18-15-6-4-3-5-14(15)16-11-12-7-9-13(17)10-8-12/h3-6,12,16H,2,7-11H2,1H3. The van der Waals surface area contributed by atoms with Gasteiger partial charge >= 0.3 is 0 Å². The Labute approximate surface area is 109 Å². The van der Waals surface area contributed by atoms with Gasteiger partial charge in [-0.15, -0.1) is 0 Å². The van der Waals surface area contributed by atoms with E-state index in [2.05, 4.69) is 5.32 Å². The van der Waals surface area contributed by atoms with E-state index in [4.69, 9.17) is 4.74 Å². The Hall–Kier alpha value is -1.51. The van der Waals surface area contributed by atoms with E-state index >= 15 is 0 Å². The minimum Gasteiger partial charge on any atom is -0.492 e. The summed E-state index contributed by atoms with van der Waals surface area (Å²) in [5.41, 5.74) is 1.05. The van der Waals surface area contributed by atoms with Gasteiger partial charge in [0.2, 0.25) is 0 Å². The molecule has 98 valence electrons. The summed E-state index contributed by atoms with van der Waals surface area (Å²) >= 11 is 0. The second-order valence-corrected chi connectivity index (χ2v) is 4.79. The first-order valence-electron chi connectivity index (χ1n) is 6.77. The molecule has 0 heterocycles. The molecule has 1 aliphatic carbocycles. The number of carbonyl (C=O) groups excluding carboxylic acids is 1. The fourth-order valence-electron chi connectivity index (χ4n) is 2.35. The van der Waals surface area contributed by atoms with Crippen LogP contribution in [0.3, 0.4) is 0 Å². The number of ketones is 1. The van der Waals surface area contributed by atoms with Crippen LogP contribution in [-0.4, -0.2) is 18.9 Å². The fraction of sp³-hybridized carbons (Fsp3) is 0.533. The van der Waals surface area contributed by atoms with Crippen molar-refractivity contribution in [3.63, 3.8) is 0 Å². The first-order valence-corrected chi connectivity index (χ1v) is 6.77. The highest BCUT2D eigenvalue weighted by Gasteiger charge is 2.18. The zero-order valence-electron chi connectivity index (χ0n) is 10.9. The van der Waals surface area contributed by atoms with E-state index in [0.29, 0.717) is 18.3 Å². The third-order valence-corrected chi connectivity index (χ3v) is 3.43. The molecular formula is C15H21NO2. The monoisotopic (exact) mass is 247 g/mol. The molecule has 0 radical (unpaired) electrons. The highest BCUT2D eigenvalue weighted by Crippen LogP contribution is 2.26. The van der Waals surface area contributed by atoms with E-state index in [1.165, 1.54) is 0 Å². The molecule has 1 N–H and O–H groups in total. The van der Waals surface area contributed by atoms with Gasteiger partial charge in [-0.05, 0) is 37.8 Å². The predicted octanol–water partition coefficient (Wildman–Crippen LogP) is 3.26. The van der Waals surface area contributed by atoms with Crippen LogP contribution in [0.1, 0.15) is 32.6 Å². The Balaban J connectivity index is 1.87. The molecule has 1 aromatic carbocycles. The van der Waals surface area contributed by atoms with Gasteiger partial charge in [0.15, 0.2) is 0 Å². The Morgan fingerprint density at radius 2 is 2.00 bits per heavy atom. The molecule has 1 saturated carbocycles. The molecule has 3 nitrogen and oxygen atoms in total. The Morgan fingerprint density at radius 1 is 1.28 bits per heavy atom. The molecule has 1 aliphatic rings. The van der Waals surface area contributed by atoms with Crippen LogP contribution in [0.15, 0.2) is 24.3 Å². The van der Waals surface area contributed by atoms with Crippen molar-refractivity contribution < 1.29 is 9.53 Å². The average molecular weight is 247 g/mol. The number of hydrogen-bond donors (Lipinski definition) is 1. The van der Waals surface area contributed by atoms with Crippen molar-refractivity contribution >= 4 is 11.5 Å². The fourth-order valence-corrected chi connectivity index (χ4v) is 2.35. The Kier molecular flexibility index (Phi) is 4.62. The minimum absolute atomic E-state index is 0.418. The van der Waals surface area contributed by atoms with Gasteiger partial charge in [-0.2, -0.15) is 0 Å². The predicted molar refractivity (Wildman–Crippen MR) is 73.1 cm³/mol. The second-order valence-electron chi connectivity index (χ2n) is 4.79. The normalized spacial score (nSPS) is 16.6. The van der Waals surface area contributed by atoms with Gasteiger partial charge in [-0.1, -0.05) is 12.1 Å². The summed E-state index contributed by atoms with van der Waals surface area (Å²) in [6, 6.07) is 8.01. The first kappa shape index (κ1) is 12.9. The third-order valence-electron chi connectivity index (χ3n) is 3.43. The van der Waals surface area contributed by atoms with Crippen molar-refractivity contribution in [2.75, 3.05) is 18.5 Å². The zero-order valence-corrected chi connectivity index (χ0v) is 10.9. The van der Waals surface area contributed by atoms with E-state index < -0.39 is 0 Å². The second kappa shape index (κ2) is 6.43. The van der Waals surface area contributed by atoms with E-state index in [9.17, 15) is 4.79 Å². The van der Waals surface area contributed by atoms with Crippen LogP contribution in [0, 0.1) is 5.92 Å². The summed E-state index contributed by atoms with van der Waals surface area (Å²) in [5.74, 6) is 1.94. The van der Waals surface area contributed by atoms with Gasteiger partial charge in [0.05, 0.1) is 12.3 Å². The maximum atomic E-state index is 11.2. The topological polar surface area (TPSA) is 38.3 Å². The van der Waals surface area contributed by atoms with Crippen LogP contribution >= 0.6 is 0 Å². The lowest BCUT2D eigenvalue weighted by Crippen LogP contribution is -2.21. The number of rotatable bonds is 5. The number of nitrogens with one attached hydrogen (secondary N) is 1. The molecule has 1 aromatic rings. The molecule has 0 saturated heterocycles. The van der Waals surface area contributed by atoms with Crippen LogP contribution in [0.5, 0.6) is 5.75 Å². The Bertz CT molecular complexity index is 393. The van der Waals surface area contributed by atoms with Crippen LogP contribution in [0.4, 0.5) is 5.69 Å². The minimum atomic E-state index is 0.418. The lowest BCUT2D eigenvalue weighted by atomic mass is 9.88. The quantitative estimate of drug-likeness (QED) is 0.868. The molecule has 0 bridgehead atoms. The number of hydrogen-bond acceptors (Lipinski definition) is 3. The molecule has 3 heteroatoms. The summed E-state index contributed by atoms with van der Waals surface area (Å²) in [7, 11) is 0. The van der Waals surface area contributed by atoms with Gasteiger partial charge in [-0.25, -0.2) is 0 Å². The van der Waals surface area contributed by atoms with Gasteiger partial charge in [0.1, 0.15) is 11.5 Å². The van der Waals surface area contributed by atoms with Crippen LogP contribution in [0.2, 0.25) is 0 Å². The zero-order chi connectivity index (χ0) is 12.8. The van der Waals surface area contributed by atoms with Crippen molar-refractivity contribution in [1.82, 2.24) is 0 Å². The van der Waals surface area contributed by atoms with E-state index in [1.807, 2.05) is 31.2 Å². The molecule has 0 aliphatic heterocycles. The van der Waals surface area contributed by atoms with E-state index in [1.54, 1.807) is 0 Å². The van der Waals surface area contributed by atoms with E-state index in [-0.39, 0.29) is 0 Å². The number of anilines is 1. The highest BCUT2D eigenvalue weighted by molar-refractivity contribution is 5.79. The highest BCUT2D eigenvalue weighted by atomic mass is 16.5. The van der Waals surface area contributed by atoms with Crippen LogP contribution < -0.4 is 10.1 Å². The number of Topliss-reactive ketones (excluding diaryl/α,β-unsaturated/α-hetero) is 1. The first-order chi connectivity index (χ1) is 8.79. The molecule has 18 heavy (non-hydrogen) atoms. The average Bonchev–Trinajstić information content (AvgIpc) is 2.40. The summed E-state index contributed by atoms with van der Waals surface area (Å²) in [6.45, 7) is 3.59. The van der Waals surface area contributed by atoms with Gasteiger partial charge in [-0.3, -0.25) is 4.79 Å². The molecule has 0 atom stereocenters. The molecule has 0 unspecified atom stereocenters. The van der Waals surface area contributed by atoms with Gasteiger partial charge < -0.3 is 10.1 Å². The smallest absolute Gasteiger partial charge is 0.142 e. The molecule has 0 spiro atoms. The van der Waals surface area contributed by atoms with Crippen molar-refractivity contribution in [2.24, 2.45) is 5.92 Å². The number of benzene rings is 1. The molecular weight excluding hydrogens is 226 g/mol. The van der Waals surface area contributed by atoms with Crippen molar-refractivity contribution in [3.05, 3.63) is 24.3 Å². The van der Waals surface area contributed by atoms with Crippen molar-refractivity contribution in [2.45, 2.75) is 32.6 Å². The van der Waals surface area contributed by atoms with E-state index in [0.717, 1.165) is 43.7 Å². The lowest BCUT2D eigenvalue weighted by Gasteiger charge is -2.22. The lowest BCUT2D eigenvalue weighted by molar-refractivity contribution is -0.120. The number of ether oxygens (including phenoxy) is 1. The van der Waals surface area contributed by atoms with Gasteiger partial charge in [0, 0.05) is 19.4 Å². The molecule has 0 aromatic heterocycles. The third kappa shape index (κ3) is 3.49. The summed E-state index contributed by atoms with van der Waals surface area (Å²) in [6.07, 6.45) is 3.53. The largest absolute Gasteiger partial charge is 0.492 e. The summed E-state index contributed by atoms with van der Waals surface area (Å²) in [4.78, 5) is 11.2. The van der Waals surface area contributed by atoms with Crippen LogP contribution in [-0.2, 0) is 4.79 Å². The summed E-state index contributed by atoms with van der Waals surface area (Å²) in [5, 5.41) is 3.45. The van der Waals surface area contributed by atoms with Gasteiger partial charge in [0.25, 0.3) is 0 Å². The molecule has 0 amide bonds. The van der Waals surface area contributed by atoms with Crippen molar-refractivity contribution in [1.29, 1.82) is 0 Å². The molecule has 1 fully saturated rings.